The van der Waals surface area contributed by atoms with Crippen LogP contribution in [0.5, 0.6) is 0 Å². The highest BCUT2D eigenvalue weighted by Crippen LogP contribution is 2.34. The van der Waals surface area contributed by atoms with E-state index in [1.54, 1.807) is 4.90 Å². The summed E-state index contributed by atoms with van der Waals surface area (Å²) < 4.78 is 0. The SMILES string of the molecule is C[C@@H]1CCC[C@H](c2ccccc2)N1C(=O)C(N)=O.N. The summed E-state index contributed by atoms with van der Waals surface area (Å²) in [5.41, 5.74) is 6.21. The van der Waals surface area contributed by atoms with Crippen LogP contribution < -0.4 is 11.9 Å². The predicted molar refractivity (Wildman–Crippen MR) is 73.6 cm³/mol. The molecule has 5 nitrogen and oxygen atoms in total. The summed E-state index contributed by atoms with van der Waals surface area (Å²) in [7, 11) is 0. The van der Waals surface area contributed by atoms with Gasteiger partial charge in [-0.15, -0.1) is 0 Å². The third kappa shape index (κ3) is 3.12. The van der Waals surface area contributed by atoms with Gasteiger partial charge in [0.15, 0.2) is 0 Å². The van der Waals surface area contributed by atoms with Crippen LogP contribution in [-0.4, -0.2) is 22.8 Å². The number of hydrogen-bond donors (Lipinski definition) is 2. The Hall–Kier alpha value is -1.88. The highest BCUT2D eigenvalue weighted by Gasteiger charge is 2.34. The van der Waals surface area contributed by atoms with Gasteiger partial charge in [0.25, 0.3) is 0 Å². The van der Waals surface area contributed by atoms with E-state index in [4.69, 9.17) is 5.73 Å². The smallest absolute Gasteiger partial charge is 0.312 e. The molecule has 2 amide bonds. The molecule has 0 bridgehead atoms. The summed E-state index contributed by atoms with van der Waals surface area (Å²) >= 11 is 0. The molecule has 1 fully saturated rings. The lowest BCUT2D eigenvalue weighted by Gasteiger charge is -2.40. The van der Waals surface area contributed by atoms with Gasteiger partial charge >= 0.3 is 11.8 Å². The lowest BCUT2D eigenvalue weighted by molar-refractivity contribution is -0.149. The first-order chi connectivity index (χ1) is 8.61. The standard InChI is InChI=1S/C14H18N2O2.H3N/c1-10-6-5-9-12(11-7-3-2-4-8-11)16(10)14(18)13(15)17;/h2-4,7-8,10,12H,5-6,9H2,1H3,(H2,15,17);1H3/t10-,12-;/m1./s1. The van der Waals surface area contributed by atoms with Crippen molar-refractivity contribution in [3.8, 4) is 0 Å². The van der Waals surface area contributed by atoms with Gasteiger partial charge in [0.1, 0.15) is 0 Å². The molecule has 1 aromatic rings. The fraction of sp³-hybridized carbons (Fsp3) is 0.429. The van der Waals surface area contributed by atoms with Crippen LogP contribution >= 0.6 is 0 Å². The Labute approximate surface area is 113 Å². The van der Waals surface area contributed by atoms with Crippen molar-refractivity contribution in [2.75, 3.05) is 0 Å². The number of hydrogen-bond acceptors (Lipinski definition) is 3. The van der Waals surface area contributed by atoms with Crippen LogP contribution in [0.3, 0.4) is 0 Å². The fourth-order valence-corrected chi connectivity index (χ4v) is 2.66. The minimum atomic E-state index is -0.871. The lowest BCUT2D eigenvalue weighted by atomic mass is 9.91. The number of rotatable bonds is 1. The van der Waals surface area contributed by atoms with Gasteiger partial charge in [-0.25, -0.2) is 0 Å². The van der Waals surface area contributed by atoms with Crippen molar-refractivity contribution in [1.29, 1.82) is 0 Å². The number of nitrogens with two attached hydrogens (primary N) is 1. The van der Waals surface area contributed by atoms with E-state index in [1.807, 2.05) is 37.3 Å². The average molecular weight is 263 g/mol. The number of carbonyl (C=O) groups is 2. The van der Waals surface area contributed by atoms with Crippen LogP contribution in [-0.2, 0) is 9.59 Å². The topological polar surface area (TPSA) is 98.4 Å². The lowest BCUT2D eigenvalue weighted by Crippen LogP contribution is -2.49. The number of amides is 2. The number of benzene rings is 1. The number of nitrogens with zero attached hydrogens (tertiary/aromatic N) is 1. The maximum absolute atomic E-state index is 11.9. The van der Waals surface area contributed by atoms with Gasteiger partial charge < -0.3 is 16.8 Å². The summed E-state index contributed by atoms with van der Waals surface area (Å²) in [6.07, 6.45) is 2.86. The van der Waals surface area contributed by atoms with E-state index in [0.717, 1.165) is 24.8 Å². The van der Waals surface area contributed by atoms with E-state index >= 15 is 0 Å². The Morgan fingerprint density at radius 1 is 1.21 bits per heavy atom. The molecular formula is C14H21N3O2. The zero-order chi connectivity index (χ0) is 13.1. The molecule has 0 radical (unpaired) electrons. The Morgan fingerprint density at radius 2 is 1.84 bits per heavy atom. The molecule has 5 N–H and O–H groups in total. The molecule has 1 saturated heterocycles. The Bertz CT molecular complexity index is 447. The van der Waals surface area contributed by atoms with Crippen LogP contribution in [0.4, 0.5) is 0 Å². The molecule has 5 heteroatoms. The third-order valence-electron chi connectivity index (χ3n) is 3.54. The minimum Gasteiger partial charge on any atom is -0.361 e. The van der Waals surface area contributed by atoms with Gasteiger partial charge in [0, 0.05) is 6.04 Å². The molecule has 1 aliphatic heterocycles. The molecular weight excluding hydrogens is 242 g/mol. The van der Waals surface area contributed by atoms with E-state index in [0.29, 0.717) is 0 Å². The van der Waals surface area contributed by atoms with Crippen molar-refractivity contribution < 1.29 is 9.59 Å². The van der Waals surface area contributed by atoms with Crippen molar-refractivity contribution in [3.63, 3.8) is 0 Å². The number of piperidine rings is 1. The summed E-state index contributed by atoms with van der Waals surface area (Å²) in [5, 5.41) is 0. The molecule has 1 heterocycles. The quantitative estimate of drug-likeness (QED) is 0.755. The number of carbonyl (C=O) groups excluding carboxylic acids is 2. The first-order valence-electron chi connectivity index (χ1n) is 6.28. The highest BCUT2D eigenvalue weighted by molar-refractivity contribution is 6.34. The van der Waals surface area contributed by atoms with Crippen molar-refractivity contribution in [2.24, 2.45) is 5.73 Å². The second-order valence-electron chi connectivity index (χ2n) is 4.78. The van der Waals surface area contributed by atoms with Crippen molar-refractivity contribution in [2.45, 2.75) is 38.3 Å². The van der Waals surface area contributed by atoms with E-state index in [2.05, 4.69) is 0 Å². The van der Waals surface area contributed by atoms with Crippen molar-refractivity contribution in [1.82, 2.24) is 11.1 Å². The largest absolute Gasteiger partial charge is 0.361 e. The Kier molecular flexibility index (Phi) is 5.06. The van der Waals surface area contributed by atoms with Crippen LogP contribution in [0.25, 0.3) is 0 Å². The molecule has 0 aliphatic carbocycles. The monoisotopic (exact) mass is 263 g/mol. The average Bonchev–Trinajstić information content (AvgIpc) is 2.38. The summed E-state index contributed by atoms with van der Waals surface area (Å²) in [6, 6.07) is 9.84. The molecule has 0 aromatic heterocycles. The molecule has 2 atom stereocenters. The second-order valence-corrected chi connectivity index (χ2v) is 4.78. The normalized spacial score (nSPS) is 22.5. The number of primary amides is 1. The van der Waals surface area contributed by atoms with Gasteiger partial charge in [-0.05, 0) is 31.7 Å². The maximum Gasteiger partial charge on any atom is 0.312 e. The fourth-order valence-electron chi connectivity index (χ4n) is 2.66. The Morgan fingerprint density at radius 3 is 2.42 bits per heavy atom. The molecule has 0 spiro atoms. The minimum absolute atomic E-state index is 0. The predicted octanol–water partition coefficient (Wildman–Crippen LogP) is 1.78. The van der Waals surface area contributed by atoms with E-state index < -0.39 is 11.8 Å². The zero-order valence-electron chi connectivity index (χ0n) is 11.2. The Balaban J connectivity index is 0.00000180. The first-order valence-corrected chi connectivity index (χ1v) is 6.28. The van der Waals surface area contributed by atoms with Crippen LogP contribution in [0, 0.1) is 0 Å². The van der Waals surface area contributed by atoms with Gasteiger partial charge in [-0.2, -0.15) is 0 Å². The highest BCUT2D eigenvalue weighted by atomic mass is 16.2. The van der Waals surface area contributed by atoms with Crippen molar-refractivity contribution >= 4 is 11.8 Å². The molecule has 0 unspecified atom stereocenters. The maximum atomic E-state index is 11.9. The van der Waals surface area contributed by atoms with E-state index in [-0.39, 0.29) is 18.2 Å². The molecule has 0 saturated carbocycles. The molecule has 1 aliphatic rings. The third-order valence-corrected chi connectivity index (χ3v) is 3.54. The van der Waals surface area contributed by atoms with Gasteiger partial charge in [-0.3, -0.25) is 9.59 Å². The molecule has 1 aromatic carbocycles. The van der Waals surface area contributed by atoms with Gasteiger partial charge in [0.2, 0.25) is 0 Å². The van der Waals surface area contributed by atoms with E-state index in [1.165, 1.54) is 0 Å². The van der Waals surface area contributed by atoms with Crippen molar-refractivity contribution in [3.05, 3.63) is 35.9 Å². The second kappa shape index (κ2) is 6.33. The molecule has 19 heavy (non-hydrogen) atoms. The van der Waals surface area contributed by atoms with Gasteiger partial charge in [-0.1, -0.05) is 30.3 Å². The zero-order valence-corrected chi connectivity index (χ0v) is 11.2. The van der Waals surface area contributed by atoms with Crippen LogP contribution in [0.15, 0.2) is 30.3 Å². The molecule has 104 valence electrons. The van der Waals surface area contributed by atoms with Gasteiger partial charge in [0.05, 0.1) is 6.04 Å². The molecule has 2 rings (SSSR count). The number of likely N-dealkylation sites (tertiary alicyclic amines) is 1. The summed E-state index contributed by atoms with van der Waals surface area (Å²) in [5.74, 6) is -1.44. The van der Waals surface area contributed by atoms with Crippen LogP contribution in [0.1, 0.15) is 37.8 Å². The summed E-state index contributed by atoms with van der Waals surface area (Å²) in [4.78, 5) is 24.7. The summed E-state index contributed by atoms with van der Waals surface area (Å²) in [6.45, 7) is 1.97. The van der Waals surface area contributed by atoms with Crippen LogP contribution in [0.2, 0.25) is 0 Å². The first kappa shape index (κ1) is 15.2. The van der Waals surface area contributed by atoms with E-state index in [9.17, 15) is 9.59 Å².